The number of esters is 3. The molecule has 2 aliphatic heterocycles. The number of rotatable bonds is 2. The molecule has 8 heteroatoms. The van der Waals surface area contributed by atoms with E-state index in [1.165, 1.54) is 13.8 Å². The van der Waals surface area contributed by atoms with Gasteiger partial charge in [-0.2, -0.15) is 0 Å². The van der Waals surface area contributed by atoms with Gasteiger partial charge in [-0.1, -0.05) is 20.8 Å². The SMILES string of the molecule is CC(=O)O[C@H]1CC(=O)[C@]2(C)[C@H]([C@H](OC(C)=O)C[C@@]34O[C@@H]3C3=C(C)C(=O)O[C@@H]3C[C@H]42)C1(C)C. The first-order valence-corrected chi connectivity index (χ1v) is 11.3. The molecule has 8 nitrogen and oxygen atoms in total. The van der Waals surface area contributed by atoms with Gasteiger partial charge < -0.3 is 18.9 Å². The van der Waals surface area contributed by atoms with Crippen LogP contribution in [0.15, 0.2) is 11.1 Å². The van der Waals surface area contributed by atoms with Crippen LogP contribution < -0.4 is 0 Å². The summed E-state index contributed by atoms with van der Waals surface area (Å²) < 4.78 is 23.4. The third kappa shape index (κ3) is 2.59. The van der Waals surface area contributed by atoms with E-state index < -0.39 is 46.7 Å². The number of Topliss-reactive ketones (excluding diaryl/α,β-unsaturated/α-hetero) is 1. The maximum atomic E-state index is 13.8. The van der Waals surface area contributed by atoms with Crippen LogP contribution in [0.5, 0.6) is 0 Å². The molecule has 3 saturated carbocycles. The zero-order valence-corrected chi connectivity index (χ0v) is 19.4. The smallest absolute Gasteiger partial charge is 0.334 e. The first-order valence-electron chi connectivity index (χ1n) is 11.3. The van der Waals surface area contributed by atoms with E-state index in [0.29, 0.717) is 18.4 Å². The minimum Gasteiger partial charge on any atom is -0.462 e. The summed E-state index contributed by atoms with van der Waals surface area (Å²) in [6.07, 6.45) is -0.868. The zero-order chi connectivity index (χ0) is 23.4. The Bertz CT molecular complexity index is 978. The Morgan fingerprint density at radius 3 is 2.34 bits per heavy atom. The fourth-order valence-electron chi connectivity index (χ4n) is 7.64. The summed E-state index contributed by atoms with van der Waals surface area (Å²) in [5, 5.41) is 0. The van der Waals surface area contributed by atoms with Crippen LogP contribution in [0.4, 0.5) is 0 Å². The highest BCUT2D eigenvalue weighted by atomic mass is 16.6. The fourth-order valence-corrected chi connectivity index (χ4v) is 7.64. The topological polar surface area (TPSA) is 109 Å². The van der Waals surface area contributed by atoms with Crippen molar-refractivity contribution in [3.8, 4) is 0 Å². The number of hydrogen-bond acceptors (Lipinski definition) is 8. The molecule has 4 fully saturated rings. The summed E-state index contributed by atoms with van der Waals surface area (Å²) >= 11 is 0. The Kier molecular flexibility index (Phi) is 4.34. The second-order valence-corrected chi connectivity index (χ2v) is 10.9. The standard InChI is InChI=1S/C24H30O8/c1-10-18-13(31-21(10)28)7-15-23(6)16(27)8-17(30-12(3)26)22(4,5)19(23)14(29-11(2)25)9-24(15)20(18)32-24/h13-15,17,19-20H,7-9H2,1-6H3/t13-,14-,15+,17+,19-,20-,23-,24+/m1/s1. The monoisotopic (exact) mass is 446 g/mol. The van der Waals surface area contributed by atoms with Crippen molar-refractivity contribution in [3.63, 3.8) is 0 Å². The molecule has 0 N–H and O–H groups in total. The Balaban J connectivity index is 1.62. The van der Waals surface area contributed by atoms with Crippen LogP contribution >= 0.6 is 0 Å². The van der Waals surface area contributed by atoms with Crippen molar-refractivity contribution in [1.82, 2.24) is 0 Å². The van der Waals surface area contributed by atoms with Crippen LogP contribution in [0.1, 0.15) is 60.8 Å². The molecular weight excluding hydrogens is 416 g/mol. The van der Waals surface area contributed by atoms with E-state index >= 15 is 0 Å². The van der Waals surface area contributed by atoms with E-state index in [1.54, 1.807) is 6.92 Å². The molecule has 0 aromatic carbocycles. The minimum absolute atomic E-state index is 0.0305. The van der Waals surface area contributed by atoms with Crippen LogP contribution in [-0.2, 0) is 38.1 Å². The molecule has 0 amide bonds. The number of epoxide rings is 1. The van der Waals surface area contributed by atoms with Gasteiger partial charge in [-0.25, -0.2) is 4.79 Å². The summed E-state index contributed by atoms with van der Waals surface area (Å²) in [6.45, 7) is 10.3. The van der Waals surface area contributed by atoms with Crippen LogP contribution in [0.3, 0.4) is 0 Å². The molecule has 174 valence electrons. The van der Waals surface area contributed by atoms with Gasteiger partial charge in [0, 0.05) is 60.5 Å². The van der Waals surface area contributed by atoms with E-state index in [4.69, 9.17) is 18.9 Å². The number of carbonyl (C=O) groups is 4. The summed E-state index contributed by atoms with van der Waals surface area (Å²) in [7, 11) is 0. The molecule has 5 aliphatic rings. The quantitative estimate of drug-likeness (QED) is 0.361. The molecule has 2 heterocycles. The van der Waals surface area contributed by atoms with Gasteiger partial charge in [-0.15, -0.1) is 0 Å². The van der Waals surface area contributed by atoms with Crippen molar-refractivity contribution >= 4 is 23.7 Å². The van der Waals surface area contributed by atoms with Gasteiger partial charge in [0.1, 0.15) is 35.8 Å². The average molecular weight is 446 g/mol. The number of ether oxygens (including phenoxy) is 4. The normalized spacial score (nSPS) is 45.7. The van der Waals surface area contributed by atoms with Gasteiger partial charge in [0.05, 0.1) is 0 Å². The molecule has 0 aromatic heterocycles. The lowest BCUT2D eigenvalue weighted by Crippen LogP contribution is -2.69. The van der Waals surface area contributed by atoms with Crippen molar-refractivity contribution in [2.45, 2.75) is 90.8 Å². The van der Waals surface area contributed by atoms with Crippen molar-refractivity contribution in [1.29, 1.82) is 0 Å². The summed E-state index contributed by atoms with van der Waals surface area (Å²) in [5.74, 6) is -1.81. The number of carbonyl (C=O) groups excluding carboxylic acids is 4. The fraction of sp³-hybridized carbons (Fsp3) is 0.750. The molecule has 8 atom stereocenters. The van der Waals surface area contributed by atoms with Crippen molar-refractivity contribution in [2.24, 2.45) is 22.7 Å². The Labute approximate surface area is 187 Å². The predicted molar refractivity (Wildman–Crippen MR) is 109 cm³/mol. The van der Waals surface area contributed by atoms with Crippen LogP contribution in [0.2, 0.25) is 0 Å². The van der Waals surface area contributed by atoms with Gasteiger partial charge in [0.25, 0.3) is 0 Å². The van der Waals surface area contributed by atoms with Gasteiger partial charge in [-0.05, 0) is 13.3 Å². The highest BCUT2D eigenvalue weighted by molar-refractivity contribution is 5.93. The lowest BCUT2D eigenvalue weighted by molar-refractivity contribution is -0.218. The summed E-state index contributed by atoms with van der Waals surface area (Å²) in [6, 6.07) is 0. The first kappa shape index (κ1) is 21.6. The van der Waals surface area contributed by atoms with Crippen molar-refractivity contribution in [3.05, 3.63) is 11.1 Å². The minimum atomic E-state index is -0.887. The first-order chi connectivity index (χ1) is 14.8. The summed E-state index contributed by atoms with van der Waals surface area (Å²) in [4.78, 5) is 49.9. The number of fused-ring (bicyclic) bond motifs is 4. The second kappa shape index (κ2) is 6.43. The van der Waals surface area contributed by atoms with Gasteiger partial charge in [0.15, 0.2) is 0 Å². The van der Waals surface area contributed by atoms with Gasteiger partial charge >= 0.3 is 17.9 Å². The molecule has 32 heavy (non-hydrogen) atoms. The largest absolute Gasteiger partial charge is 0.462 e. The molecule has 0 bridgehead atoms. The molecular formula is C24H30O8. The molecule has 1 saturated heterocycles. The highest BCUT2D eigenvalue weighted by Gasteiger charge is 2.80. The molecule has 1 spiro atoms. The maximum Gasteiger partial charge on any atom is 0.334 e. The number of ketones is 1. The van der Waals surface area contributed by atoms with Crippen LogP contribution in [0, 0.1) is 22.7 Å². The predicted octanol–water partition coefficient (Wildman–Crippen LogP) is 2.27. The highest BCUT2D eigenvalue weighted by Crippen LogP contribution is 2.71. The zero-order valence-electron chi connectivity index (χ0n) is 19.4. The molecule has 5 rings (SSSR count). The Morgan fingerprint density at radius 2 is 1.72 bits per heavy atom. The van der Waals surface area contributed by atoms with Crippen molar-refractivity contribution in [2.75, 3.05) is 0 Å². The van der Waals surface area contributed by atoms with E-state index in [9.17, 15) is 19.2 Å². The van der Waals surface area contributed by atoms with E-state index in [1.807, 2.05) is 20.8 Å². The average Bonchev–Trinajstić information content (AvgIpc) is 3.29. The van der Waals surface area contributed by atoms with Gasteiger partial charge in [0.2, 0.25) is 0 Å². The maximum absolute atomic E-state index is 13.8. The Hall–Kier alpha value is -2.22. The van der Waals surface area contributed by atoms with E-state index in [-0.39, 0.29) is 36.1 Å². The van der Waals surface area contributed by atoms with Crippen molar-refractivity contribution < 1.29 is 38.1 Å². The third-order valence-electron chi connectivity index (χ3n) is 8.87. The molecule has 0 aromatic rings. The lowest BCUT2D eigenvalue weighted by Gasteiger charge is -2.62. The Morgan fingerprint density at radius 1 is 1.06 bits per heavy atom. The van der Waals surface area contributed by atoms with Crippen LogP contribution in [0.25, 0.3) is 0 Å². The van der Waals surface area contributed by atoms with Gasteiger partial charge in [-0.3, -0.25) is 14.4 Å². The molecule has 0 radical (unpaired) electrons. The van der Waals surface area contributed by atoms with E-state index in [2.05, 4.69) is 0 Å². The van der Waals surface area contributed by atoms with Crippen LogP contribution in [-0.4, -0.2) is 53.7 Å². The lowest BCUT2D eigenvalue weighted by atomic mass is 9.42. The van der Waals surface area contributed by atoms with E-state index in [0.717, 1.165) is 5.57 Å². The molecule has 3 aliphatic carbocycles. The summed E-state index contributed by atoms with van der Waals surface area (Å²) in [5.41, 5.74) is -0.723. The number of hydrogen-bond donors (Lipinski definition) is 0. The third-order valence-corrected chi connectivity index (χ3v) is 8.87. The molecule has 0 unspecified atom stereocenters. The second-order valence-electron chi connectivity index (χ2n) is 10.9.